The van der Waals surface area contributed by atoms with Crippen molar-refractivity contribution in [3.05, 3.63) is 58.1 Å². The molecule has 29 heavy (non-hydrogen) atoms. The second-order valence-corrected chi connectivity index (χ2v) is 6.58. The molecule has 2 aromatic carbocycles. The predicted molar refractivity (Wildman–Crippen MR) is 113 cm³/mol. The van der Waals surface area contributed by atoms with Crippen molar-refractivity contribution in [2.75, 3.05) is 43.6 Å². The summed E-state index contributed by atoms with van der Waals surface area (Å²) in [5.74, 6) is -0.0299. The van der Waals surface area contributed by atoms with E-state index < -0.39 is 10.8 Å². The average molecular weight is 416 g/mol. The molecule has 0 unspecified atom stereocenters. The molecule has 1 aliphatic rings. The molecule has 0 bridgehead atoms. The van der Waals surface area contributed by atoms with Crippen molar-refractivity contribution in [2.24, 2.45) is 0 Å². The zero-order valence-corrected chi connectivity index (χ0v) is 16.5. The third-order valence-corrected chi connectivity index (χ3v) is 4.56. The highest BCUT2D eigenvalue weighted by Gasteiger charge is 2.22. The van der Waals surface area contributed by atoms with Gasteiger partial charge in [-0.3, -0.25) is 20.2 Å². The Morgan fingerprint density at radius 3 is 2.66 bits per heavy atom. The molecule has 1 amide bonds. The molecule has 0 atom stereocenters. The number of ether oxygens (including phenoxy) is 2. The number of thiocarbonyl (C=S) groups is 1. The molecule has 10 heteroatoms. The molecule has 0 saturated carbocycles. The summed E-state index contributed by atoms with van der Waals surface area (Å²) in [5.41, 5.74) is 1.20. The summed E-state index contributed by atoms with van der Waals surface area (Å²) < 4.78 is 10.5. The second-order valence-electron chi connectivity index (χ2n) is 6.17. The minimum Gasteiger partial charge on any atom is -0.496 e. The number of benzene rings is 2. The maximum Gasteiger partial charge on any atom is 0.294 e. The number of nitro groups is 1. The third kappa shape index (κ3) is 4.98. The maximum atomic E-state index is 12.4. The minimum atomic E-state index is -0.445. The van der Waals surface area contributed by atoms with E-state index in [0.29, 0.717) is 49.0 Å². The van der Waals surface area contributed by atoms with Gasteiger partial charge in [-0.1, -0.05) is 12.1 Å². The Morgan fingerprint density at radius 1 is 1.24 bits per heavy atom. The molecule has 0 radical (unpaired) electrons. The van der Waals surface area contributed by atoms with Crippen molar-refractivity contribution in [1.82, 2.24) is 5.32 Å². The van der Waals surface area contributed by atoms with Gasteiger partial charge >= 0.3 is 0 Å². The molecule has 0 aliphatic carbocycles. The quantitative estimate of drug-likeness (QED) is 0.435. The van der Waals surface area contributed by atoms with Crippen LogP contribution in [0.2, 0.25) is 0 Å². The molecule has 0 spiro atoms. The molecular formula is C19H20N4O5S. The normalized spacial score (nSPS) is 13.5. The Hall–Kier alpha value is -3.24. The van der Waals surface area contributed by atoms with Gasteiger partial charge in [-0.2, -0.15) is 0 Å². The van der Waals surface area contributed by atoms with Gasteiger partial charge in [-0.25, -0.2) is 0 Å². The van der Waals surface area contributed by atoms with Gasteiger partial charge < -0.3 is 19.7 Å². The van der Waals surface area contributed by atoms with Crippen LogP contribution in [0.3, 0.4) is 0 Å². The number of amides is 1. The molecule has 2 N–H and O–H groups in total. The van der Waals surface area contributed by atoms with E-state index in [4.69, 9.17) is 21.7 Å². The van der Waals surface area contributed by atoms with Gasteiger partial charge in [0.25, 0.3) is 11.6 Å². The highest BCUT2D eigenvalue weighted by molar-refractivity contribution is 7.80. The Labute approximate surface area is 172 Å². The van der Waals surface area contributed by atoms with Crippen LogP contribution in [0, 0.1) is 10.1 Å². The van der Waals surface area contributed by atoms with E-state index in [0.717, 1.165) is 0 Å². The molecule has 152 valence electrons. The summed E-state index contributed by atoms with van der Waals surface area (Å²) >= 11 is 5.18. The lowest BCUT2D eigenvalue weighted by Gasteiger charge is -2.28. The number of hydrogen-bond donors (Lipinski definition) is 2. The Kier molecular flexibility index (Phi) is 6.57. The van der Waals surface area contributed by atoms with Crippen molar-refractivity contribution in [3.63, 3.8) is 0 Å². The first kappa shape index (κ1) is 20.5. The van der Waals surface area contributed by atoms with Crippen LogP contribution in [-0.4, -0.2) is 49.4 Å². The Bertz CT molecular complexity index is 931. The van der Waals surface area contributed by atoms with E-state index in [-0.39, 0.29) is 10.8 Å². The Balaban J connectivity index is 1.72. The van der Waals surface area contributed by atoms with Crippen LogP contribution in [0.25, 0.3) is 0 Å². The molecule has 0 aromatic heterocycles. The summed E-state index contributed by atoms with van der Waals surface area (Å²) in [4.78, 5) is 25.4. The fraction of sp³-hybridized carbons (Fsp3) is 0.263. The summed E-state index contributed by atoms with van der Waals surface area (Å²) in [7, 11) is 1.47. The van der Waals surface area contributed by atoms with Gasteiger partial charge in [0.05, 0.1) is 30.8 Å². The summed E-state index contributed by atoms with van der Waals surface area (Å²) in [6, 6.07) is 11.5. The van der Waals surface area contributed by atoms with E-state index >= 15 is 0 Å². The number of anilines is 2. The Morgan fingerprint density at radius 2 is 1.97 bits per heavy atom. The van der Waals surface area contributed by atoms with E-state index in [1.807, 2.05) is 4.90 Å². The van der Waals surface area contributed by atoms with Gasteiger partial charge in [0.15, 0.2) is 5.11 Å². The highest BCUT2D eigenvalue weighted by atomic mass is 32.1. The first-order valence-electron chi connectivity index (χ1n) is 8.86. The van der Waals surface area contributed by atoms with Crippen LogP contribution in [0.5, 0.6) is 5.75 Å². The largest absolute Gasteiger partial charge is 0.496 e. The van der Waals surface area contributed by atoms with Crippen LogP contribution in [0.15, 0.2) is 42.5 Å². The van der Waals surface area contributed by atoms with E-state index in [2.05, 4.69) is 10.6 Å². The van der Waals surface area contributed by atoms with Crippen molar-refractivity contribution in [3.8, 4) is 5.75 Å². The van der Waals surface area contributed by atoms with Gasteiger partial charge in [0.2, 0.25) is 0 Å². The number of nitro benzene ring substituents is 1. The van der Waals surface area contributed by atoms with Gasteiger partial charge in [0, 0.05) is 24.8 Å². The van der Waals surface area contributed by atoms with Gasteiger partial charge in [-0.15, -0.1) is 0 Å². The lowest BCUT2D eigenvalue weighted by atomic mass is 10.2. The van der Waals surface area contributed by atoms with Crippen molar-refractivity contribution in [1.29, 1.82) is 0 Å². The number of methoxy groups -OCH3 is 1. The zero-order chi connectivity index (χ0) is 20.8. The van der Waals surface area contributed by atoms with Gasteiger partial charge in [0.1, 0.15) is 11.4 Å². The number of nitrogens with zero attached hydrogens (tertiary/aromatic N) is 2. The second kappa shape index (κ2) is 9.30. The first-order chi connectivity index (χ1) is 14.0. The van der Waals surface area contributed by atoms with E-state index in [1.165, 1.54) is 13.2 Å². The molecule has 1 fully saturated rings. The summed E-state index contributed by atoms with van der Waals surface area (Å²) in [6.45, 7) is 2.22. The van der Waals surface area contributed by atoms with Crippen molar-refractivity contribution < 1.29 is 19.2 Å². The smallest absolute Gasteiger partial charge is 0.294 e. The molecule has 3 rings (SSSR count). The van der Waals surface area contributed by atoms with E-state index in [9.17, 15) is 14.9 Å². The standard InChI is InChI=1S/C19H20N4O5S/c1-27-17-5-3-2-4-14(17)18(24)21-19(29)20-13-6-7-15(16(12-13)23(25)26)22-8-10-28-11-9-22/h2-7,12H,8-11H2,1H3,(H2,20,21,24,29). The molecule has 1 saturated heterocycles. The molecular weight excluding hydrogens is 396 g/mol. The fourth-order valence-electron chi connectivity index (χ4n) is 2.98. The molecule has 2 aromatic rings. The number of carbonyl (C=O) groups is 1. The SMILES string of the molecule is COc1ccccc1C(=O)NC(=S)Nc1ccc(N2CCOCC2)c([N+](=O)[O-])c1. The highest BCUT2D eigenvalue weighted by Crippen LogP contribution is 2.31. The van der Waals surface area contributed by atoms with Crippen molar-refractivity contribution >= 4 is 40.3 Å². The maximum absolute atomic E-state index is 12.4. The first-order valence-corrected chi connectivity index (χ1v) is 9.27. The molecule has 1 aliphatic heterocycles. The zero-order valence-electron chi connectivity index (χ0n) is 15.7. The number of hydrogen-bond acceptors (Lipinski definition) is 7. The van der Waals surface area contributed by atoms with Crippen LogP contribution in [0.4, 0.5) is 17.1 Å². The number of nitrogens with one attached hydrogen (secondary N) is 2. The third-order valence-electron chi connectivity index (χ3n) is 4.36. The van der Waals surface area contributed by atoms with E-state index in [1.54, 1.807) is 36.4 Å². The van der Waals surface area contributed by atoms with Crippen LogP contribution < -0.4 is 20.3 Å². The predicted octanol–water partition coefficient (Wildman–Crippen LogP) is 2.57. The number of rotatable bonds is 5. The number of carbonyl (C=O) groups excluding carboxylic acids is 1. The van der Waals surface area contributed by atoms with Crippen LogP contribution in [0.1, 0.15) is 10.4 Å². The summed E-state index contributed by atoms with van der Waals surface area (Å²) in [5, 5.41) is 16.9. The molecule has 9 nitrogen and oxygen atoms in total. The summed E-state index contributed by atoms with van der Waals surface area (Å²) in [6.07, 6.45) is 0. The van der Waals surface area contributed by atoms with Crippen LogP contribution >= 0.6 is 12.2 Å². The fourth-order valence-corrected chi connectivity index (χ4v) is 3.19. The monoisotopic (exact) mass is 416 g/mol. The number of para-hydroxylation sites is 1. The lowest BCUT2D eigenvalue weighted by Crippen LogP contribution is -2.36. The van der Waals surface area contributed by atoms with Gasteiger partial charge in [-0.05, 0) is 36.5 Å². The van der Waals surface area contributed by atoms with Crippen LogP contribution in [-0.2, 0) is 4.74 Å². The topological polar surface area (TPSA) is 106 Å². The van der Waals surface area contributed by atoms with Crippen molar-refractivity contribution in [2.45, 2.75) is 0 Å². The lowest BCUT2D eigenvalue weighted by molar-refractivity contribution is -0.384. The molecule has 1 heterocycles. The minimum absolute atomic E-state index is 0.0225. The number of morpholine rings is 1. The average Bonchev–Trinajstić information content (AvgIpc) is 2.74.